The van der Waals surface area contributed by atoms with E-state index < -0.39 is 0 Å². The molecule has 90 valence electrons. The molecule has 0 saturated heterocycles. The van der Waals surface area contributed by atoms with Crippen LogP contribution in [0.5, 0.6) is 5.75 Å². The summed E-state index contributed by atoms with van der Waals surface area (Å²) in [6.07, 6.45) is 0. The van der Waals surface area contributed by atoms with E-state index in [1.165, 1.54) is 11.3 Å². The van der Waals surface area contributed by atoms with Gasteiger partial charge in [0.15, 0.2) is 0 Å². The molecule has 0 saturated carbocycles. The number of para-hydroxylation sites is 1. The van der Waals surface area contributed by atoms with Gasteiger partial charge in [-0.3, -0.25) is 0 Å². The summed E-state index contributed by atoms with van der Waals surface area (Å²) in [6.45, 7) is 2.55. The molecule has 2 aromatic rings. The highest BCUT2D eigenvalue weighted by atomic mass is 35.5. The molecule has 0 radical (unpaired) electrons. The van der Waals surface area contributed by atoms with Gasteiger partial charge in [-0.05, 0) is 24.6 Å². The molecule has 1 aromatic heterocycles. The molecule has 17 heavy (non-hydrogen) atoms. The van der Waals surface area contributed by atoms with Crippen LogP contribution in [0.15, 0.2) is 30.3 Å². The summed E-state index contributed by atoms with van der Waals surface area (Å²) in [7, 11) is 0. The highest BCUT2D eigenvalue weighted by Gasteiger charge is 2.07. The summed E-state index contributed by atoms with van der Waals surface area (Å²) in [4.78, 5) is 1.11. The third kappa shape index (κ3) is 3.15. The van der Waals surface area contributed by atoms with E-state index in [-0.39, 0.29) is 0 Å². The number of hydrogen-bond acceptors (Lipinski definition) is 2. The molecule has 1 aromatic carbocycles. The summed E-state index contributed by atoms with van der Waals surface area (Å²) >= 11 is 13.3. The highest BCUT2D eigenvalue weighted by molar-refractivity contribution is 7.16. The molecule has 4 heteroatoms. The molecule has 0 bridgehead atoms. The van der Waals surface area contributed by atoms with Crippen molar-refractivity contribution in [1.82, 2.24) is 0 Å². The van der Waals surface area contributed by atoms with E-state index in [1.807, 2.05) is 37.3 Å². The monoisotopic (exact) mass is 286 g/mol. The zero-order valence-electron chi connectivity index (χ0n) is 9.37. The molecule has 0 aliphatic heterocycles. The van der Waals surface area contributed by atoms with Crippen LogP contribution >= 0.6 is 34.5 Å². The van der Waals surface area contributed by atoms with Gasteiger partial charge >= 0.3 is 0 Å². The van der Waals surface area contributed by atoms with Gasteiger partial charge in [-0.25, -0.2) is 0 Å². The molecule has 0 aliphatic rings. The van der Waals surface area contributed by atoms with Crippen molar-refractivity contribution in [3.63, 3.8) is 0 Å². The van der Waals surface area contributed by atoms with Crippen molar-refractivity contribution in [2.45, 2.75) is 19.4 Å². The van der Waals surface area contributed by atoms with Gasteiger partial charge in [0.2, 0.25) is 0 Å². The van der Waals surface area contributed by atoms with Crippen molar-refractivity contribution in [1.29, 1.82) is 0 Å². The fourth-order valence-corrected chi connectivity index (χ4v) is 2.81. The van der Waals surface area contributed by atoms with Gasteiger partial charge < -0.3 is 4.74 Å². The molecule has 0 spiro atoms. The number of rotatable bonds is 4. The minimum Gasteiger partial charge on any atom is -0.487 e. The van der Waals surface area contributed by atoms with Crippen LogP contribution in [0.3, 0.4) is 0 Å². The fourth-order valence-electron chi connectivity index (χ4n) is 1.60. The van der Waals surface area contributed by atoms with E-state index in [4.69, 9.17) is 27.9 Å². The molecule has 0 fully saturated rings. The molecule has 0 aliphatic carbocycles. The van der Waals surface area contributed by atoms with Crippen molar-refractivity contribution in [3.8, 4) is 5.75 Å². The van der Waals surface area contributed by atoms with E-state index in [0.29, 0.717) is 12.5 Å². The van der Waals surface area contributed by atoms with Gasteiger partial charge in [-0.2, -0.15) is 0 Å². The molecule has 0 amide bonds. The van der Waals surface area contributed by atoms with Crippen molar-refractivity contribution >= 4 is 34.5 Å². The largest absolute Gasteiger partial charge is 0.487 e. The van der Waals surface area contributed by atoms with Gasteiger partial charge in [0.25, 0.3) is 0 Å². The topological polar surface area (TPSA) is 9.23 Å². The first kappa shape index (κ1) is 12.7. The second-order valence-electron chi connectivity index (χ2n) is 3.69. The van der Waals surface area contributed by atoms with Crippen LogP contribution < -0.4 is 4.74 Å². The molecule has 2 rings (SSSR count). The highest BCUT2D eigenvalue weighted by Crippen LogP contribution is 2.28. The Labute approximate surface area is 115 Å². The summed E-state index contributed by atoms with van der Waals surface area (Å²) in [5.74, 6) is 1.34. The number of alkyl halides is 1. The number of aryl methyl sites for hydroxylation is 1. The molecule has 0 atom stereocenters. The van der Waals surface area contributed by atoms with Gasteiger partial charge in [0.1, 0.15) is 12.4 Å². The minimum absolute atomic E-state index is 0.461. The average molecular weight is 287 g/mol. The Bertz CT molecular complexity index is 508. The number of benzene rings is 1. The summed E-state index contributed by atoms with van der Waals surface area (Å²) in [5, 5.41) is 0. The molecule has 0 unspecified atom stereocenters. The van der Waals surface area contributed by atoms with Crippen LogP contribution in [-0.2, 0) is 12.5 Å². The number of thiophene rings is 1. The second-order valence-corrected chi connectivity index (χ2v) is 5.76. The van der Waals surface area contributed by atoms with Crippen molar-refractivity contribution in [3.05, 3.63) is 50.7 Å². The summed E-state index contributed by atoms with van der Waals surface area (Å²) in [6, 6.07) is 9.85. The standard InChI is InChI=1S/C13H12Cl2OS/c1-9-3-2-4-10(7-14)13(9)16-8-11-5-6-12(15)17-11/h2-6H,7-8H2,1H3. The van der Waals surface area contributed by atoms with Crippen molar-refractivity contribution in [2.75, 3.05) is 0 Å². The lowest BCUT2D eigenvalue weighted by Gasteiger charge is -2.11. The maximum Gasteiger partial charge on any atom is 0.127 e. The SMILES string of the molecule is Cc1cccc(CCl)c1OCc1ccc(Cl)s1. The normalized spacial score (nSPS) is 10.5. The Morgan fingerprint density at radius 3 is 2.71 bits per heavy atom. The zero-order chi connectivity index (χ0) is 12.3. The van der Waals surface area contributed by atoms with E-state index in [0.717, 1.165) is 26.1 Å². The maximum atomic E-state index is 5.89. The Morgan fingerprint density at radius 1 is 1.24 bits per heavy atom. The maximum absolute atomic E-state index is 5.89. The minimum atomic E-state index is 0.461. The number of ether oxygens (including phenoxy) is 1. The van der Waals surface area contributed by atoms with Crippen LogP contribution in [0.2, 0.25) is 4.34 Å². The predicted molar refractivity (Wildman–Crippen MR) is 74.4 cm³/mol. The van der Waals surface area contributed by atoms with Crippen molar-refractivity contribution < 1.29 is 4.74 Å². The first-order valence-electron chi connectivity index (χ1n) is 5.22. The zero-order valence-corrected chi connectivity index (χ0v) is 11.7. The lowest BCUT2D eigenvalue weighted by atomic mass is 10.1. The van der Waals surface area contributed by atoms with Crippen LogP contribution in [-0.4, -0.2) is 0 Å². The van der Waals surface area contributed by atoms with Crippen LogP contribution in [0.4, 0.5) is 0 Å². The third-order valence-corrected chi connectivity index (χ3v) is 3.92. The summed E-state index contributed by atoms with van der Waals surface area (Å²) in [5.41, 5.74) is 2.13. The van der Waals surface area contributed by atoms with E-state index in [9.17, 15) is 0 Å². The van der Waals surface area contributed by atoms with Crippen molar-refractivity contribution in [2.24, 2.45) is 0 Å². The first-order chi connectivity index (χ1) is 8.20. The van der Waals surface area contributed by atoms with Gasteiger partial charge in [0.05, 0.1) is 10.2 Å². The number of hydrogen-bond donors (Lipinski definition) is 0. The fraction of sp³-hybridized carbons (Fsp3) is 0.231. The van der Waals surface area contributed by atoms with Crippen LogP contribution in [0.25, 0.3) is 0 Å². The lowest BCUT2D eigenvalue weighted by molar-refractivity contribution is 0.305. The predicted octanol–water partition coefficient (Wildman–Crippen LogP) is 5.03. The third-order valence-electron chi connectivity index (χ3n) is 2.43. The second kappa shape index (κ2) is 5.76. The molecular formula is C13H12Cl2OS. The van der Waals surface area contributed by atoms with Gasteiger partial charge in [-0.1, -0.05) is 29.8 Å². The number of halogens is 2. The molecule has 1 nitrogen and oxygen atoms in total. The quantitative estimate of drug-likeness (QED) is 0.717. The Kier molecular flexibility index (Phi) is 4.32. The average Bonchev–Trinajstić information content (AvgIpc) is 2.73. The van der Waals surface area contributed by atoms with Gasteiger partial charge in [-0.15, -0.1) is 22.9 Å². The van der Waals surface area contributed by atoms with Crippen LogP contribution in [0.1, 0.15) is 16.0 Å². The Morgan fingerprint density at radius 2 is 2.06 bits per heavy atom. The molecule has 1 heterocycles. The van der Waals surface area contributed by atoms with Gasteiger partial charge in [0, 0.05) is 10.4 Å². The van der Waals surface area contributed by atoms with E-state index >= 15 is 0 Å². The lowest BCUT2D eigenvalue weighted by Crippen LogP contribution is -1.98. The van der Waals surface area contributed by atoms with Crippen LogP contribution in [0, 0.1) is 6.92 Å². The van der Waals surface area contributed by atoms with E-state index in [2.05, 4.69) is 0 Å². The molecule has 0 N–H and O–H groups in total. The first-order valence-corrected chi connectivity index (χ1v) is 6.95. The smallest absolute Gasteiger partial charge is 0.127 e. The summed E-state index contributed by atoms with van der Waals surface area (Å²) < 4.78 is 6.61. The van der Waals surface area contributed by atoms with E-state index in [1.54, 1.807) is 0 Å². The Balaban J connectivity index is 2.13. The Hall–Kier alpha value is -0.700. The molecular weight excluding hydrogens is 275 g/mol.